The molecule has 1 N–H and O–H groups in total. The number of hydrogen-bond acceptors (Lipinski definition) is 2. The predicted molar refractivity (Wildman–Crippen MR) is 78.2 cm³/mol. The number of nitrogens with one attached hydrogen (secondary N) is 1. The Morgan fingerprint density at radius 1 is 1.22 bits per heavy atom. The van der Waals surface area contributed by atoms with Gasteiger partial charge in [-0.05, 0) is 56.6 Å². The smallest absolute Gasteiger partial charge is 0.129 e. The average molecular weight is 267 g/mol. The molecule has 0 aliphatic heterocycles. The van der Waals surface area contributed by atoms with Crippen LogP contribution in [0.2, 0.25) is 5.15 Å². The van der Waals surface area contributed by atoms with Crippen LogP contribution in [0.3, 0.4) is 0 Å². The fourth-order valence-corrected chi connectivity index (χ4v) is 3.02. The van der Waals surface area contributed by atoms with E-state index in [1.54, 1.807) is 0 Å². The summed E-state index contributed by atoms with van der Waals surface area (Å²) in [4.78, 5) is 4.29. The van der Waals surface area contributed by atoms with E-state index in [9.17, 15) is 0 Å². The number of rotatable bonds is 3. The zero-order valence-corrected chi connectivity index (χ0v) is 12.3. The van der Waals surface area contributed by atoms with Gasteiger partial charge in [0.05, 0.1) is 11.4 Å². The third-order valence-corrected chi connectivity index (χ3v) is 4.34. The van der Waals surface area contributed by atoms with E-state index in [-0.39, 0.29) is 0 Å². The lowest BCUT2D eigenvalue weighted by Gasteiger charge is -2.32. The molecule has 100 valence electrons. The third kappa shape index (κ3) is 3.38. The van der Waals surface area contributed by atoms with E-state index in [0.717, 1.165) is 23.2 Å². The van der Waals surface area contributed by atoms with Crippen molar-refractivity contribution < 1.29 is 0 Å². The molecule has 1 aromatic rings. The van der Waals surface area contributed by atoms with E-state index < -0.39 is 0 Å². The third-order valence-electron chi connectivity index (χ3n) is 4.13. The molecule has 1 fully saturated rings. The van der Waals surface area contributed by atoms with E-state index in [1.807, 2.05) is 19.1 Å². The largest absolute Gasteiger partial charge is 0.381 e. The van der Waals surface area contributed by atoms with Crippen LogP contribution in [0.4, 0.5) is 5.69 Å². The molecule has 0 atom stereocenters. The highest BCUT2D eigenvalue weighted by atomic mass is 35.5. The molecule has 2 rings (SSSR count). The zero-order valence-electron chi connectivity index (χ0n) is 11.5. The molecule has 3 heteroatoms. The summed E-state index contributed by atoms with van der Waals surface area (Å²) in [6.07, 6.45) is 5.22. The van der Waals surface area contributed by atoms with Gasteiger partial charge in [0.1, 0.15) is 5.15 Å². The second-order valence-electron chi connectivity index (χ2n) is 5.77. The van der Waals surface area contributed by atoms with E-state index in [4.69, 9.17) is 11.6 Å². The van der Waals surface area contributed by atoms with Crippen molar-refractivity contribution >= 4 is 17.3 Å². The molecular weight excluding hydrogens is 244 g/mol. The Hall–Kier alpha value is -0.760. The highest BCUT2D eigenvalue weighted by Gasteiger charge is 2.23. The first-order chi connectivity index (χ1) is 8.56. The summed E-state index contributed by atoms with van der Waals surface area (Å²) in [5.74, 6) is 1.73. The summed E-state index contributed by atoms with van der Waals surface area (Å²) in [6, 6.07) is 4.50. The van der Waals surface area contributed by atoms with E-state index in [2.05, 4.69) is 24.1 Å². The van der Waals surface area contributed by atoms with Crippen LogP contribution in [0.25, 0.3) is 0 Å². The molecule has 2 nitrogen and oxygen atoms in total. The fraction of sp³-hybridized carbons (Fsp3) is 0.667. The summed E-state index contributed by atoms with van der Waals surface area (Å²) in [5, 5.41) is 4.19. The molecule has 0 radical (unpaired) electrons. The molecule has 0 aromatic carbocycles. The maximum absolute atomic E-state index is 5.87. The number of anilines is 1. The minimum Gasteiger partial charge on any atom is -0.381 e. The number of nitrogens with zero attached hydrogens (tertiary/aromatic N) is 1. The maximum atomic E-state index is 5.87. The first-order valence-corrected chi connectivity index (χ1v) is 7.33. The van der Waals surface area contributed by atoms with Crippen LogP contribution < -0.4 is 5.32 Å². The fourth-order valence-electron chi connectivity index (χ4n) is 2.83. The number of aryl methyl sites for hydroxylation is 1. The molecule has 18 heavy (non-hydrogen) atoms. The molecule has 0 spiro atoms. The predicted octanol–water partition coefficient (Wildman–Crippen LogP) is 4.67. The summed E-state index contributed by atoms with van der Waals surface area (Å²) in [6.45, 7) is 6.69. The van der Waals surface area contributed by atoms with E-state index in [0.29, 0.717) is 11.2 Å². The Labute approximate surface area is 115 Å². The second-order valence-corrected chi connectivity index (χ2v) is 6.15. The molecule has 1 heterocycles. The van der Waals surface area contributed by atoms with Crippen LogP contribution >= 0.6 is 11.6 Å². The SMILES string of the molecule is Cc1nc(Cl)ccc1NC1CCC(C(C)C)CC1. The van der Waals surface area contributed by atoms with Gasteiger partial charge in [-0.15, -0.1) is 0 Å². The molecule has 0 unspecified atom stereocenters. The Morgan fingerprint density at radius 2 is 1.89 bits per heavy atom. The molecule has 1 aliphatic rings. The number of pyridine rings is 1. The maximum Gasteiger partial charge on any atom is 0.129 e. The normalized spacial score (nSPS) is 24.3. The highest BCUT2D eigenvalue weighted by molar-refractivity contribution is 6.29. The van der Waals surface area contributed by atoms with Gasteiger partial charge in [-0.1, -0.05) is 25.4 Å². The second kappa shape index (κ2) is 5.92. The first kappa shape index (κ1) is 13.7. The Balaban J connectivity index is 1.91. The molecule has 1 saturated carbocycles. The van der Waals surface area contributed by atoms with Gasteiger partial charge in [-0.2, -0.15) is 0 Å². The van der Waals surface area contributed by atoms with Crippen molar-refractivity contribution in [2.24, 2.45) is 11.8 Å². The van der Waals surface area contributed by atoms with Crippen LogP contribution in [-0.2, 0) is 0 Å². The summed E-state index contributed by atoms with van der Waals surface area (Å²) in [7, 11) is 0. The van der Waals surface area contributed by atoms with Crippen molar-refractivity contribution in [3.63, 3.8) is 0 Å². The summed E-state index contributed by atoms with van der Waals surface area (Å²) in [5.41, 5.74) is 2.13. The van der Waals surface area contributed by atoms with Gasteiger partial charge in [-0.25, -0.2) is 4.98 Å². The summed E-state index contributed by atoms with van der Waals surface area (Å²) < 4.78 is 0. The van der Waals surface area contributed by atoms with Crippen molar-refractivity contribution in [1.29, 1.82) is 0 Å². The number of halogens is 1. The number of aromatic nitrogens is 1. The van der Waals surface area contributed by atoms with Gasteiger partial charge >= 0.3 is 0 Å². The van der Waals surface area contributed by atoms with Gasteiger partial charge < -0.3 is 5.32 Å². The van der Waals surface area contributed by atoms with Crippen LogP contribution in [0.15, 0.2) is 12.1 Å². The van der Waals surface area contributed by atoms with Crippen molar-refractivity contribution in [2.45, 2.75) is 52.5 Å². The Bertz CT molecular complexity index is 395. The van der Waals surface area contributed by atoms with E-state index >= 15 is 0 Å². The Kier molecular flexibility index (Phi) is 4.50. The van der Waals surface area contributed by atoms with Crippen LogP contribution in [0.1, 0.15) is 45.2 Å². The average Bonchev–Trinajstić information content (AvgIpc) is 2.33. The van der Waals surface area contributed by atoms with Crippen molar-refractivity contribution in [3.8, 4) is 0 Å². The van der Waals surface area contributed by atoms with Gasteiger partial charge in [0.2, 0.25) is 0 Å². The molecule has 1 aliphatic carbocycles. The molecule has 0 saturated heterocycles. The summed E-state index contributed by atoms with van der Waals surface area (Å²) >= 11 is 5.87. The molecule has 0 amide bonds. The lowest BCUT2D eigenvalue weighted by molar-refractivity contribution is 0.267. The zero-order chi connectivity index (χ0) is 13.1. The molecule has 1 aromatic heterocycles. The van der Waals surface area contributed by atoms with E-state index in [1.165, 1.54) is 25.7 Å². The van der Waals surface area contributed by atoms with Gasteiger partial charge in [0.15, 0.2) is 0 Å². The number of hydrogen-bond donors (Lipinski definition) is 1. The van der Waals surface area contributed by atoms with Crippen LogP contribution in [0, 0.1) is 18.8 Å². The minimum atomic E-state index is 0.571. The topological polar surface area (TPSA) is 24.9 Å². The minimum absolute atomic E-state index is 0.571. The van der Waals surface area contributed by atoms with Gasteiger partial charge in [0.25, 0.3) is 0 Å². The van der Waals surface area contributed by atoms with Gasteiger partial charge in [-0.3, -0.25) is 0 Å². The highest BCUT2D eigenvalue weighted by Crippen LogP contribution is 2.31. The van der Waals surface area contributed by atoms with Crippen molar-refractivity contribution in [3.05, 3.63) is 23.0 Å². The van der Waals surface area contributed by atoms with Crippen molar-refractivity contribution in [2.75, 3.05) is 5.32 Å². The van der Waals surface area contributed by atoms with Crippen molar-refractivity contribution in [1.82, 2.24) is 4.98 Å². The molecular formula is C15H23ClN2. The monoisotopic (exact) mass is 266 g/mol. The standard InChI is InChI=1S/C15H23ClN2/c1-10(2)12-4-6-13(7-5-12)18-14-8-9-15(16)17-11(14)3/h8-10,12-13,18H,4-7H2,1-3H3. The first-order valence-electron chi connectivity index (χ1n) is 6.96. The van der Waals surface area contributed by atoms with Gasteiger partial charge in [0, 0.05) is 6.04 Å². The quantitative estimate of drug-likeness (QED) is 0.804. The van der Waals surface area contributed by atoms with Crippen LogP contribution in [-0.4, -0.2) is 11.0 Å². The lowest BCUT2D eigenvalue weighted by atomic mass is 9.79. The lowest BCUT2D eigenvalue weighted by Crippen LogP contribution is -2.28. The molecule has 0 bridgehead atoms. The van der Waals surface area contributed by atoms with Crippen LogP contribution in [0.5, 0.6) is 0 Å². The Morgan fingerprint density at radius 3 is 2.44 bits per heavy atom.